The van der Waals surface area contributed by atoms with Gasteiger partial charge in [0.25, 0.3) is 11.1 Å². The van der Waals surface area contributed by atoms with E-state index in [4.69, 9.17) is 14.7 Å². The zero-order valence-electron chi connectivity index (χ0n) is 22.9. The number of aromatic nitrogens is 4. The lowest BCUT2D eigenvalue weighted by Crippen LogP contribution is -2.41. The van der Waals surface area contributed by atoms with Crippen LogP contribution < -0.4 is 15.9 Å². The average Bonchev–Trinajstić information content (AvgIpc) is 3.00. The first-order chi connectivity index (χ1) is 20.1. The van der Waals surface area contributed by atoms with E-state index in [1.807, 2.05) is 48.5 Å². The number of benzene rings is 3. The Morgan fingerprint density at radius 2 is 1.68 bits per heavy atom. The highest BCUT2D eigenvalue weighted by atomic mass is 32.2. The van der Waals surface area contributed by atoms with Gasteiger partial charge >= 0.3 is 0 Å². The number of thioether (sulfide) groups is 1. The number of H-pyrrole nitrogens is 1. The maximum Gasteiger partial charge on any atom is 0.266 e. The van der Waals surface area contributed by atoms with Gasteiger partial charge < -0.3 is 9.72 Å². The Morgan fingerprint density at radius 1 is 0.927 bits per heavy atom. The van der Waals surface area contributed by atoms with Crippen LogP contribution in [0.2, 0.25) is 0 Å². The Morgan fingerprint density at radius 3 is 2.54 bits per heavy atom. The third kappa shape index (κ3) is 4.37. The molecule has 0 saturated heterocycles. The van der Waals surface area contributed by atoms with Crippen LogP contribution in [-0.4, -0.2) is 26.6 Å². The molecule has 1 fully saturated rings. The van der Waals surface area contributed by atoms with Crippen molar-refractivity contribution in [1.82, 2.24) is 19.5 Å². The summed E-state index contributed by atoms with van der Waals surface area (Å²) in [5.41, 5.74) is 4.82. The Balaban J connectivity index is 1.33. The van der Waals surface area contributed by atoms with Gasteiger partial charge in [0, 0.05) is 11.0 Å². The molecule has 2 aliphatic carbocycles. The molecule has 0 unspecified atom stereocenters. The van der Waals surface area contributed by atoms with Crippen LogP contribution in [0.1, 0.15) is 49.1 Å². The molecule has 206 valence electrons. The lowest BCUT2D eigenvalue weighted by Gasteiger charge is -2.41. The zero-order chi connectivity index (χ0) is 28.0. The molecule has 1 N–H and O–H groups in total. The van der Waals surface area contributed by atoms with Gasteiger partial charge in [-0.2, -0.15) is 0 Å². The molecule has 0 bridgehead atoms. The molecule has 0 radical (unpaired) electrons. The summed E-state index contributed by atoms with van der Waals surface area (Å²) < 4.78 is 7.19. The third-order valence-corrected chi connectivity index (χ3v) is 9.47. The minimum atomic E-state index is -0.178. The van der Waals surface area contributed by atoms with Crippen molar-refractivity contribution in [2.75, 3.05) is 7.11 Å². The van der Waals surface area contributed by atoms with E-state index in [1.54, 1.807) is 17.7 Å². The quantitative estimate of drug-likeness (QED) is 0.203. The van der Waals surface area contributed by atoms with Crippen LogP contribution in [0, 0.1) is 0 Å². The lowest BCUT2D eigenvalue weighted by atomic mass is 9.62. The Hall–Kier alpha value is -4.17. The molecule has 0 aliphatic heterocycles. The Bertz CT molecular complexity index is 1910. The van der Waals surface area contributed by atoms with Gasteiger partial charge in [-0.15, -0.1) is 0 Å². The van der Waals surface area contributed by atoms with E-state index in [9.17, 15) is 9.59 Å². The van der Waals surface area contributed by atoms with Crippen molar-refractivity contribution in [3.05, 3.63) is 110 Å². The second-order valence-electron chi connectivity index (χ2n) is 10.9. The minimum absolute atomic E-state index is 0.0457. The standard InChI is InChI=1S/C33H30N4O3S/c1-40-26-16-8-7-15-25(26)37-31(39)23-13-5-6-14-24(23)34-32(37)41-20-27-35-29-22-12-4-3-11-21(22)19-33(17-9-2-10-18-33)28(29)30(38)36-27/h3-8,11-16H,2,9-10,17-20H2,1H3,(H,35,36,38). The van der Waals surface area contributed by atoms with Crippen LogP contribution in [-0.2, 0) is 17.6 Å². The van der Waals surface area contributed by atoms with Crippen molar-refractivity contribution in [3.8, 4) is 22.7 Å². The number of aromatic amines is 1. The fraction of sp³-hybridized carbons (Fsp3) is 0.273. The smallest absolute Gasteiger partial charge is 0.266 e. The summed E-state index contributed by atoms with van der Waals surface area (Å²) in [6.07, 6.45) is 6.39. The largest absolute Gasteiger partial charge is 0.495 e. The normalized spacial score (nSPS) is 15.4. The Labute approximate surface area is 241 Å². The van der Waals surface area contributed by atoms with Gasteiger partial charge in [-0.05, 0) is 49.1 Å². The summed E-state index contributed by atoms with van der Waals surface area (Å²) in [5, 5.41) is 1.03. The van der Waals surface area contributed by atoms with Crippen molar-refractivity contribution < 1.29 is 4.74 Å². The second-order valence-corrected chi connectivity index (χ2v) is 11.9. The molecule has 8 heteroatoms. The first kappa shape index (κ1) is 25.8. The van der Waals surface area contributed by atoms with Crippen molar-refractivity contribution in [2.24, 2.45) is 0 Å². The van der Waals surface area contributed by atoms with E-state index in [0.29, 0.717) is 39.1 Å². The predicted octanol–water partition coefficient (Wildman–Crippen LogP) is 6.19. The first-order valence-corrected chi connectivity index (χ1v) is 15.1. The minimum Gasteiger partial charge on any atom is -0.495 e. The molecule has 7 rings (SSSR count). The van der Waals surface area contributed by atoms with Gasteiger partial charge in [-0.3, -0.25) is 14.2 Å². The van der Waals surface area contributed by atoms with Crippen LogP contribution in [0.4, 0.5) is 0 Å². The summed E-state index contributed by atoms with van der Waals surface area (Å²) in [7, 11) is 1.59. The van der Waals surface area contributed by atoms with Gasteiger partial charge in [0.05, 0.1) is 40.7 Å². The predicted molar refractivity (Wildman–Crippen MR) is 162 cm³/mol. The molecule has 41 heavy (non-hydrogen) atoms. The second kappa shape index (κ2) is 10.3. The molecule has 1 saturated carbocycles. The van der Waals surface area contributed by atoms with Gasteiger partial charge in [0.15, 0.2) is 5.16 Å². The number of nitrogens with zero attached hydrogens (tertiary/aromatic N) is 3. The summed E-state index contributed by atoms with van der Waals surface area (Å²) in [6.45, 7) is 0. The molecule has 2 heterocycles. The topological polar surface area (TPSA) is 89.9 Å². The van der Waals surface area contributed by atoms with Crippen molar-refractivity contribution in [3.63, 3.8) is 0 Å². The first-order valence-electron chi connectivity index (χ1n) is 14.1. The van der Waals surface area contributed by atoms with E-state index < -0.39 is 0 Å². The van der Waals surface area contributed by atoms with Crippen molar-refractivity contribution in [1.29, 1.82) is 0 Å². The maximum absolute atomic E-state index is 13.8. The van der Waals surface area contributed by atoms with Crippen molar-refractivity contribution >= 4 is 22.7 Å². The van der Waals surface area contributed by atoms with E-state index in [-0.39, 0.29) is 16.5 Å². The van der Waals surface area contributed by atoms with E-state index in [1.165, 1.54) is 23.7 Å². The summed E-state index contributed by atoms with van der Waals surface area (Å²) >= 11 is 1.37. The van der Waals surface area contributed by atoms with Gasteiger partial charge in [-0.1, -0.05) is 79.6 Å². The number of fused-ring (bicyclic) bond motifs is 5. The number of rotatable bonds is 5. The summed E-state index contributed by atoms with van der Waals surface area (Å²) in [5.74, 6) is 1.48. The van der Waals surface area contributed by atoms with E-state index in [0.717, 1.165) is 48.9 Å². The molecular weight excluding hydrogens is 532 g/mol. The van der Waals surface area contributed by atoms with E-state index >= 15 is 0 Å². The van der Waals surface area contributed by atoms with Crippen LogP contribution >= 0.6 is 11.8 Å². The number of hydrogen-bond donors (Lipinski definition) is 1. The summed E-state index contributed by atoms with van der Waals surface area (Å²) in [6, 6.07) is 23.1. The van der Waals surface area contributed by atoms with Gasteiger partial charge in [0.2, 0.25) is 0 Å². The van der Waals surface area contributed by atoms with Crippen LogP contribution in [0.3, 0.4) is 0 Å². The number of hydrogen-bond acceptors (Lipinski definition) is 6. The highest BCUT2D eigenvalue weighted by Crippen LogP contribution is 2.48. The molecule has 0 amide bonds. The molecular formula is C33H30N4O3S. The molecule has 7 nitrogen and oxygen atoms in total. The molecule has 2 aromatic heterocycles. The summed E-state index contributed by atoms with van der Waals surface area (Å²) in [4.78, 5) is 40.6. The number of ether oxygens (including phenoxy) is 1. The van der Waals surface area contributed by atoms with Gasteiger partial charge in [0.1, 0.15) is 11.6 Å². The highest BCUT2D eigenvalue weighted by molar-refractivity contribution is 7.98. The molecule has 3 aromatic carbocycles. The highest BCUT2D eigenvalue weighted by Gasteiger charge is 2.42. The Kier molecular flexibility index (Phi) is 6.50. The molecule has 1 spiro atoms. The zero-order valence-corrected chi connectivity index (χ0v) is 23.7. The lowest BCUT2D eigenvalue weighted by molar-refractivity contribution is 0.285. The monoisotopic (exact) mass is 562 g/mol. The van der Waals surface area contributed by atoms with Crippen molar-refractivity contribution in [2.45, 2.75) is 54.8 Å². The fourth-order valence-corrected chi connectivity index (χ4v) is 7.53. The number of nitrogens with one attached hydrogen (secondary N) is 1. The number of methoxy groups -OCH3 is 1. The maximum atomic E-state index is 13.8. The molecule has 2 aliphatic rings. The SMILES string of the molecule is COc1ccccc1-n1c(SCc2nc3c(c(=O)[nH]2)C2(CCCCC2)Cc2ccccc2-3)nc2ccccc2c1=O. The van der Waals surface area contributed by atoms with E-state index in [2.05, 4.69) is 23.2 Å². The molecule has 0 atom stereocenters. The van der Waals surface area contributed by atoms with Crippen LogP contribution in [0.5, 0.6) is 5.75 Å². The van der Waals surface area contributed by atoms with Crippen LogP contribution in [0.15, 0.2) is 87.5 Å². The third-order valence-electron chi connectivity index (χ3n) is 8.52. The average molecular weight is 563 g/mol. The van der Waals surface area contributed by atoms with Gasteiger partial charge in [-0.25, -0.2) is 9.97 Å². The fourth-order valence-electron chi connectivity index (χ4n) is 6.66. The van der Waals surface area contributed by atoms with Crippen LogP contribution in [0.25, 0.3) is 27.8 Å². The number of para-hydroxylation sites is 3. The molecule has 5 aromatic rings.